The number of likely N-dealkylation sites (N-methyl/N-ethyl adjacent to an activating group) is 1. The van der Waals surface area contributed by atoms with Gasteiger partial charge in [0.05, 0.1) is 6.54 Å². The lowest BCUT2D eigenvalue weighted by Gasteiger charge is -2.25. The number of pyridine rings is 1. The highest BCUT2D eigenvalue weighted by Gasteiger charge is 2.19. The van der Waals surface area contributed by atoms with E-state index in [1.54, 1.807) is 0 Å². The second kappa shape index (κ2) is 8.13. The van der Waals surface area contributed by atoms with E-state index < -0.39 is 0 Å². The molecule has 0 aromatic carbocycles. The molecule has 0 saturated carbocycles. The van der Waals surface area contributed by atoms with E-state index in [2.05, 4.69) is 26.9 Å². The highest BCUT2D eigenvalue weighted by atomic mass is 16.2. The van der Waals surface area contributed by atoms with Crippen LogP contribution in [0.5, 0.6) is 0 Å². The summed E-state index contributed by atoms with van der Waals surface area (Å²) in [7, 11) is 0. The minimum atomic E-state index is 0.243. The summed E-state index contributed by atoms with van der Waals surface area (Å²) in [6.45, 7) is 12.1. The molecule has 1 aliphatic rings. The Morgan fingerprint density at radius 2 is 1.95 bits per heavy atom. The van der Waals surface area contributed by atoms with Gasteiger partial charge in [0.25, 0.3) is 0 Å². The smallest absolute Gasteiger partial charge is 0.236 e. The molecule has 1 amide bonds. The van der Waals surface area contributed by atoms with Crippen molar-refractivity contribution in [2.45, 2.75) is 27.2 Å². The van der Waals surface area contributed by atoms with Gasteiger partial charge in [-0.2, -0.15) is 0 Å². The molecule has 0 N–H and O–H groups in total. The van der Waals surface area contributed by atoms with Crippen LogP contribution < -0.4 is 4.90 Å². The van der Waals surface area contributed by atoms with Crippen molar-refractivity contribution >= 4 is 11.7 Å². The Balaban J connectivity index is 1.91. The number of hydrogen-bond acceptors (Lipinski definition) is 4. The van der Waals surface area contributed by atoms with Crippen molar-refractivity contribution in [3.63, 3.8) is 0 Å². The SMILES string of the molecule is CCN(CC)C(=O)CN1CCCN(c2cccc(C)n2)CC1. The summed E-state index contributed by atoms with van der Waals surface area (Å²) in [5.74, 6) is 1.30. The lowest BCUT2D eigenvalue weighted by Crippen LogP contribution is -2.41. The Morgan fingerprint density at radius 1 is 1.18 bits per heavy atom. The lowest BCUT2D eigenvalue weighted by molar-refractivity contribution is -0.132. The van der Waals surface area contributed by atoms with Gasteiger partial charge in [-0.25, -0.2) is 4.98 Å². The molecule has 1 fully saturated rings. The highest BCUT2D eigenvalue weighted by Crippen LogP contribution is 2.14. The molecular formula is C17H28N4O. The fourth-order valence-corrected chi connectivity index (χ4v) is 2.93. The van der Waals surface area contributed by atoms with E-state index in [4.69, 9.17) is 0 Å². The van der Waals surface area contributed by atoms with Crippen LogP contribution in [0.3, 0.4) is 0 Å². The first-order valence-electron chi connectivity index (χ1n) is 8.32. The summed E-state index contributed by atoms with van der Waals surface area (Å²) in [6, 6.07) is 6.16. The van der Waals surface area contributed by atoms with Crippen LogP contribution in [0.2, 0.25) is 0 Å². The van der Waals surface area contributed by atoms with Gasteiger partial charge in [0.15, 0.2) is 0 Å². The summed E-state index contributed by atoms with van der Waals surface area (Å²) in [4.78, 5) is 23.4. The first-order chi connectivity index (χ1) is 10.6. The Morgan fingerprint density at radius 3 is 2.64 bits per heavy atom. The molecule has 0 spiro atoms. The molecule has 22 heavy (non-hydrogen) atoms. The third-order valence-electron chi connectivity index (χ3n) is 4.26. The Bertz CT molecular complexity index is 487. The standard InChI is InChI=1S/C17H28N4O/c1-4-20(5-2)17(22)14-19-10-7-11-21(13-12-19)16-9-6-8-15(3)18-16/h6,8-9H,4-5,7,10-14H2,1-3H3. The molecular weight excluding hydrogens is 276 g/mol. The summed E-state index contributed by atoms with van der Waals surface area (Å²) in [5.41, 5.74) is 1.05. The van der Waals surface area contributed by atoms with Gasteiger partial charge in [-0.3, -0.25) is 9.69 Å². The van der Waals surface area contributed by atoms with Gasteiger partial charge in [-0.15, -0.1) is 0 Å². The molecule has 0 atom stereocenters. The third kappa shape index (κ3) is 4.44. The predicted octanol–water partition coefficient (Wildman–Crippen LogP) is 1.77. The Labute approximate surface area is 133 Å². The minimum Gasteiger partial charge on any atom is -0.355 e. The maximum absolute atomic E-state index is 12.2. The van der Waals surface area contributed by atoms with E-state index in [9.17, 15) is 4.79 Å². The monoisotopic (exact) mass is 304 g/mol. The first-order valence-corrected chi connectivity index (χ1v) is 8.32. The van der Waals surface area contributed by atoms with E-state index >= 15 is 0 Å². The maximum atomic E-state index is 12.2. The van der Waals surface area contributed by atoms with Crippen molar-refractivity contribution in [1.29, 1.82) is 0 Å². The molecule has 2 heterocycles. The number of carbonyl (C=O) groups excluding carboxylic acids is 1. The number of aryl methyl sites for hydroxylation is 1. The number of nitrogens with zero attached hydrogens (tertiary/aromatic N) is 4. The average molecular weight is 304 g/mol. The molecule has 5 nitrogen and oxygen atoms in total. The van der Waals surface area contributed by atoms with Crippen molar-refractivity contribution in [2.75, 3.05) is 50.7 Å². The van der Waals surface area contributed by atoms with E-state index in [1.165, 1.54) is 0 Å². The molecule has 122 valence electrons. The van der Waals surface area contributed by atoms with Crippen LogP contribution in [0, 0.1) is 6.92 Å². The molecule has 0 unspecified atom stereocenters. The molecule has 5 heteroatoms. The van der Waals surface area contributed by atoms with E-state index in [1.807, 2.05) is 31.7 Å². The van der Waals surface area contributed by atoms with Crippen LogP contribution in [-0.2, 0) is 4.79 Å². The van der Waals surface area contributed by atoms with Crippen LogP contribution in [0.1, 0.15) is 26.0 Å². The zero-order valence-electron chi connectivity index (χ0n) is 14.1. The van der Waals surface area contributed by atoms with Gasteiger partial charge in [-0.05, 0) is 39.3 Å². The molecule has 1 aliphatic heterocycles. The third-order valence-corrected chi connectivity index (χ3v) is 4.26. The van der Waals surface area contributed by atoms with Crippen molar-refractivity contribution < 1.29 is 4.79 Å². The van der Waals surface area contributed by atoms with Gasteiger partial charge in [0.2, 0.25) is 5.91 Å². The van der Waals surface area contributed by atoms with Crippen molar-refractivity contribution in [1.82, 2.24) is 14.8 Å². The summed E-state index contributed by atoms with van der Waals surface area (Å²) >= 11 is 0. The van der Waals surface area contributed by atoms with E-state index in [-0.39, 0.29) is 5.91 Å². The van der Waals surface area contributed by atoms with E-state index in [0.29, 0.717) is 6.54 Å². The maximum Gasteiger partial charge on any atom is 0.236 e. The number of amides is 1. The highest BCUT2D eigenvalue weighted by molar-refractivity contribution is 5.78. The van der Waals surface area contributed by atoms with Gasteiger partial charge < -0.3 is 9.80 Å². The van der Waals surface area contributed by atoms with Gasteiger partial charge in [-0.1, -0.05) is 6.07 Å². The second-order valence-electron chi connectivity index (χ2n) is 5.82. The number of hydrogen-bond donors (Lipinski definition) is 0. The van der Waals surface area contributed by atoms with Crippen LogP contribution in [0.15, 0.2) is 18.2 Å². The lowest BCUT2D eigenvalue weighted by atomic mass is 10.3. The first kappa shape index (κ1) is 16.7. The molecule has 1 aromatic heterocycles. The van der Waals surface area contributed by atoms with Crippen LogP contribution in [-0.4, -0.2) is 66.5 Å². The number of aromatic nitrogens is 1. The van der Waals surface area contributed by atoms with Gasteiger partial charge >= 0.3 is 0 Å². The number of anilines is 1. The molecule has 1 saturated heterocycles. The molecule has 0 aliphatic carbocycles. The largest absolute Gasteiger partial charge is 0.355 e. The van der Waals surface area contributed by atoms with Crippen molar-refractivity contribution in [3.8, 4) is 0 Å². The zero-order chi connectivity index (χ0) is 15.9. The molecule has 1 aromatic rings. The Hall–Kier alpha value is -1.62. The van der Waals surface area contributed by atoms with Crippen molar-refractivity contribution in [3.05, 3.63) is 23.9 Å². The molecule has 0 bridgehead atoms. The summed E-state index contributed by atoms with van der Waals surface area (Å²) in [5, 5.41) is 0. The quantitative estimate of drug-likeness (QED) is 0.831. The van der Waals surface area contributed by atoms with Gasteiger partial charge in [0.1, 0.15) is 5.82 Å². The second-order valence-corrected chi connectivity index (χ2v) is 5.82. The van der Waals surface area contributed by atoms with Crippen LogP contribution in [0.25, 0.3) is 0 Å². The fourth-order valence-electron chi connectivity index (χ4n) is 2.93. The number of carbonyl (C=O) groups is 1. The summed E-state index contributed by atoms with van der Waals surface area (Å²) < 4.78 is 0. The molecule has 0 radical (unpaired) electrons. The van der Waals surface area contributed by atoms with E-state index in [0.717, 1.165) is 57.2 Å². The van der Waals surface area contributed by atoms with Gasteiger partial charge in [0, 0.05) is 45.0 Å². The normalized spacial score (nSPS) is 16.4. The molecule has 2 rings (SSSR count). The van der Waals surface area contributed by atoms with Crippen molar-refractivity contribution in [2.24, 2.45) is 0 Å². The topological polar surface area (TPSA) is 39.7 Å². The summed E-state index contributed by atoms with van der Waals surface area (Å²) in [6.07, 6.45) is 1.07. The van der Waals surface area contributed by atoms with Crippen LogP contribution >= 0.6 is 0 Å². The van der Waals surface area contributed by atoms with Crippen LogP contribution in [0.4, 0.5) is 5.82 Å². The Kier molecular flexibility index (Phi) is 6.19. The number of rotatable bonds is 5. The average Bonchev–Trinajstić information content (AvgIpc) is 2.74. The fraction of sp³-hybridized carbons (Fsp3) is 0.647. The minimum absolute atomic E-state index is 0.243. The zero-order valence-corrected chi connectivity index (χ0v) is 14.1. The predicted molar refractivity (Wildman–Crippen MR) is 90.2 cm³/mol.